The molecule has 10 nitrogen and oxygen atoms in total. The lowest BCUT2D eigenvalue weighted by atomic mass is 10.1. The molecule has 2 N–H and O–H groups in total. The van der Waals surface area contributed by atoms with Crippen LogP contribution in [0.3, 0.4) is 0 Å². The van der Waals surface area contributed by atoms with Gasteiger partial charge < -0.3 is 15.5 Å². The fourth-order valence-corrected chi connectivity index (χ4v) is 3.95. The van der Waals surface area contributed by atoms with E-state index in [1.807, 2.05) is 0 Å². The molecule has 1 aromatic heterocycles. The Bertz CT molecular complexity index is 1140. The summed E-state index contributed by atoms with van der Waals surface area (Å²) >= 11 is 5.69. The topological polar surface area (TPSA) is 109 Å². The molecule has 4 rings (SSSR count). The standard InChI is InChI=1S/C20H21ClF2N6O4/c1-10(30)24-7-11-8-29-18(19(31)27(2)33-11)12-9-28(4-3-16(12)26-29)20(32)25-17-5-13(21)14(22)6-15(17)23/h5-6,11H,3-4,7-9H2,1-2H3,(H,24,30)(H,25,32)/t11-/m0/s1. The van der Waals surface area contributed by atoms with Crippen LogP contribution in [0.15, 0.2) is 12.1 Å². The molecule has 0 spiro atoms. The lowest BCUT2D eigenvalue weighted by Gasteiger charge is -2.27. The largest absolute Gasteiger partial charge is 0.354 e. The second-order valence-electron chi connectivity index (χ2n) is 7.77. The van der Waals surface area contributed by atoms with Crippen LogP contribution in [0.25, 0.3) is 0 Å². The van der Waals surface area contributed by atoms with Gasteiger partial charge in [0, 0.05) is 45.1 Å². The van der Waals surface area contributed by atoms with E-state index in [1.165, 1.54) is 23.6 Å². The number of hydroxylamine groups is 2. The smallest absolute Gasteiger partial charge is 0.322 e. The Labute approximate surface area is 192 Å². The molecule has 0 fully saturated rings. The SMILES string of the molecule is CC(=O)NC[C@H]1Cn2nc3c(c2C(=O)N(C)O1)CN(C(=O)Nc1cc(Cl)c(F)cc1F)CC3. The Balaban J connectivity index is 1.55. The van der Waals surface area contributed by atoms with Crippen LogP contribution in [-0.4, -0.2) is 63.8 Å². The molecule has 4 amide bonds. The highest BCUT2D eigenvalue weighted by molar-refractivity contribution is 6.31. The molecule has 2 aliphatic heterocycles. The Morgan fingerprint density at radius 2 is 2.06 bits per heavy atom. The number of anilines is 1. The first kappa shape index (κ1) is 22.9. The Morgan fingerprint density at radius 1 is 1.30 bits per heavy atom. The number of hydrogen-bond donors (Lipinski definition) is 2. The Hall–Kier alpha value is -3.25. The van der Waals surface area contributed by atoms with Crippen LogP contribution in [0.1, 0.15) is 28.7 Å². The Kier molecular flexibility index (Phi) is 6.21. The highest BCUT2D eigenvalue weighted by atomic mass is 35.5. The number of hydrogen-bond acceptors (Lipinski definition) is 5. The molecular formula is C20H21ClF2N6O4. The molecule has 0 bridgehead atoms. The van der Waals surface area contributed by atoms with Crippen molar-refractivity contribution in [3.8, 4) is 0 Å². The van der Waals surface area contributed by atoms with Crippen molar-refractivity contribution >= 4 is 35.1 Å². The van der Waals surface area contributed by atoms with Crippen molar-refractivity contribution in [2.24, 2.45) is 0 Å². The van der Waals surface area contributed by atoms with E-state index in [0.717, 1.165) is 11.1 Å². The fraction of sp³-hybridized carbons (Fsp3) is 0.400. The summed E-state index contributed by atoms with van der Waals surface area (Å²) in [6.45, 7) is 2.14. The van der Waals surface area contributed by atoms with E-state index in [2.05, 4.69) is 15.7 Å². The van der Waals surface area contributed by atoms with E-state index in [9.17, 15) is 23.2 Å². The van der Waals surface area contributed by atoms with Crippen molar-refractivity contribution in [2.45, 2.75) is 32.5 Å². The van der Waals surface area contributed by atoms with Gasteiger partial charge in [0.05, 0.1) is 29.5 Å². The molecule has 0 aliphatic carbocycles. The number of nitrogens with zero attached hydrogens (tertiary/aromatic N) is 4. The van der Waals surface area contributed by atoms with Crippen LogP contribution < -0.4 is 10.6 Å². The van der Waals surface area contributed by atoms with Crippen LogP contribution in [0, 0.1) is 11.6 Å². The second kappa shape index (κ2) is 8.94. The first-order chi connectivity index (χ1) is 15.6. The summed E-state index contributed by atoms with van der Waals surface area (Å²) in [6.07, 6.45) is -0.139. The van der Waals surface area contributed by atoms with Crippen LogP contribution in [-0.2, 0) is 29.1 Å². The molecule has 0 radical (unpaired) electrons. The van der Waals surface area contributed by atoms with Gasteiger partial charge in [-0.3, -0.25) is 19.1 Å². The average molecular weight is 483 g/mol. The molecule has 1 atom stereocenters. The van der Waals surface area contributed by atoms with Crippen LogP contribution in [0.2, 0.25) is 5.02 Å². The molecule has 33 heavy (non-hydrogen) atoms. The summed E-state index contributed by atoms with van der Waals surface area (Å²) in [7, 11) is 1.46. The third-order valence-corrected chi connectivity index (χ3v) is 5.68. The molecule has 1 aromatic carbocycles. The highest BCUT2D eigenvalue weighted by Crippen LogP contribution is 2.28. The van der Waals surface area contributed by atoms with Gasteiger partial charge in [0.15, 0.2) is 0 Å². The number of halogens is 3. The molecule has 0 saturated carbocycles. The summed E-state index contributed by atoms with van der Waals surface area (Å²) in [5.41, 5.74) is 1.27. The first-order valence-electron chi connectivity index (χ1n) is 10.1. The molecule has 176 valence electrons. The van der Waals surface area contributed by atoms with E-state index in [0.29, 0.717) is 23.7 Å². The Morgan fingerprint density at radius 3 is 2.79 bits per heavy atom. The molecule has 13 heteroatoms. The quantitative estimate of drug-likeness (QED) is 0.650. The zero-order chi connectivity index (χ0) is 23.9. The maximum Gasteiger partial charge on any atom is 0.322 e. The third-order valence-electron chi connectivity index (χ3n) is 5.39. The van der Waals surface area contributed by atoms with Crippen LogP contribution in [0.4, 0.5) is 19.3 Å². The number of fused-ring (bicyclic) bond motifs is 3. The summed E-state index contributed by atoms with van der Waals surface area (Å²) in [5, 5.41) is 10.3. The van der Waals surface area contributed by atoms with Gasteiger partial charge in [0.1, 0.15) is 23.4 Å². The van der Waals surface area contributed by atoms with Crippen LogP contribution >= 0.6 is 11.6 Å². The number of rotatable bonds is 3. The monoisotopic (exact) mass is 482 g/mol. The summed E-state index contributed by atoms with van der Waals surface area (Å²) in [5.74, 6) is -2.55. The zero-order valence-electron chi connectivity index (χ0n) is 17.8. The summed E-state index contributed by atoms with van der Waals surface area (Å²) in [6, 6.07) is 0.961. The minimum atomic E-state index is -0.957. The minimum Gasteiger partial charge on any atom is -0.354 e. The number of carbonyl (C=O) groups excluding carboxylic acids is 3. The zero-order valence-corrected chi connectivity index (χ0v) is 18.6. The van der Waals surface area contributed by atoms with Crippen molar-refractivity contribution in [2.75, 3.05) is 25.5 Å². The van der Waals surface area contributed by atoms with Crippen molar-refractivity contribution in [1.29, 1.82) is 0 Å². The lowest BCUT2D eigenvalue weighted by Crippen LogP contribution is -2.40. The van der Waals surface area contributed by atoms with Gasteiger partial charge in [-0.15, -0.1) is 0 Å². The number of amides is 4. The maximum atomic E-state index is 14.0. The van der Waals surface area contributed by atoms with Gasteiger partial charge in [-0.2, -0.15) is 5.10 Å². The van der Waals surface area contributed by atoms with Crippen molar-refractivity contribution in [1.82, 2.24) is 25.1 Å². The van der Waals surface area contributed by atoms with Gasteiger partial charge in [-0.25, -0.2) is 18.6 Å². The molecule has 2 aromatic rings. The molecule has 0 unspecified atom stereocenters. The minimum absolute atomic E-state index is 0.0585. The van der Waals surface area contributed by atoms with E-state index in [4.69, 9.17) is 16.4 Å². The van der Waals surface area contributed by atoms with E-state index in [-0.39, 0.29) is 48.5 Å². The van der Waals surface area contributed by atoms with Crippen molar-refractivity contribution in [3.05, 3.63) is 45.7 Å². The van der Waals surface area contributed by atoms with E-state index < -0.39 is 29.7 Å². The van der Waals surface area contributed by atoms with Crippen molar-refractivity contribution < 1.29 is 28.0 Å². The number of nitrogens with one attached hydrogen (secondary N) is 2. The fourth-order valence-electron chi connectivity index (χ4n) is 3.79. The van der Waals surface area contributed by atoms with Gasteiger partial charge in [-0.1, -0.05) is 11.6 Å². The molecule has 2 aliphatic rings. The van der Waals surface area contributed by atoms with Crippen molar-refractivity contribution in [3.63, 3.8) is 0 Å². The van der Waals surface area contributed by atoms with Crippen LogP contribution in [0.5, 0.6) is 0 Å². The number of aromatic nitrogens is 2. The summed E-state index contributed by atoms with van der Waals surface area (Å²) < 4.78 is 28.9. The number of urea groups is 1. The van der Waals surface area contributed by atoms with Gasteiger partial charge in [0.25, 0.3) is 5.91 Å². The normalized spacial score (nSPS) is 17.8. The first-order valence-corrected chi connectivity index (χ1v) is 10.5. The highest BCUT2D eigenvalue weighted by Gasteiger charge is 2.35. The number of benzene rings is 1. The van der Waals surface area contributed by atoms with Gasteiger partial charge in [-0.05, 0) is 6.07 Å². The number of carbonyl (C=O) groups is 3. The summed E-state index contributed by atoms with van der Waals surface area (Å²) in [4.78, 5) is 44.0. The lowest BCUT2D eigenvalue weighted by molar-refractivity contribution is -0.148. The predicted molar refractivity (Wildman–Crippen MR) is 112 cm³/mol. The van der Waals surface area contributed by atoms with E-state index >= 15 is 0 Å². The molecule has 3 heterocycles. The molecular weight excluding hydrogens is 462 g/mol. The third kappa shape index (κ3) is 4.62. The maximum absolute atomic E-state index is 14.0. The van der Waals surface area contributed by atoms with E-state index in [1.54, 1.807) is 0 Å². The van der Waals surface area contributed by atoms with Gasteiger partial charge >= 0.3 is 6.03 Å². The van der Waals surface area contributed by atoms with Gasteiger partial charge in [0.2, 0.25) is 5.91 Å². The predicted octanol–water partition coefficient (Wildman–Crippen LogP) is 1.93. The molecule has 0 saturated heterocycles. The average Bonchev–Trinajstić information content (AvgIpc) is 3.06. The second-order valence-corrected chi connectivity index (χ2v) is 8.18.